The normalized spacial score (nSPS) is 12.1. The minimum absolute atomic E-state index is 0.213. The summed E-state index contributed by atoms with van der Waals surface area (Å²) in [5, 5.41) is 3.24. The van der Waals surface area contributed by atoms with Crippen LogP contribution >= 0.6 is 0 Å². The summed E-state index contributed by atoms with van der Waals surface area (Å²) in [6.07, 6.45) is 1.00. The summed E-state index contributed by atoms with van der Waals surface area (Å²) < 4.78 is 0. The second-order valence-electron chi connectivity index (χ2n) is 4.13. The second-order valence-corrected chi connectivity index (χ2v) is 4.13. The van der Waals surface area contributed by atoms with Crippen molar-refractivity contribution >= 4 is 6.29 Å². The number of carbonyl (C=O) groups is 1. The lowest BCUT2D eigenvalue weighted by Crippen LogP contribution is -2.32. The number of aldehydes is 1. The van der Waals surface area contributed by atoms with E-state index >= 15 is 0 Å². The molecule has 0 spiro atoms. The predicted molar refractivity (Wildman–Crippen MR) is 47.6 cm³/mol. The van der Waals surface area contributed by atoms with Crippen LogP contribution in [-0.2, 0) is 4.79 Å². The third-order valence-corrected chi connectivity index (χ3v) is 1.45. The lowest BCUT2D eigenvalue weighted by atomic mass is 9.96. The quantitative estimate of drug-likeness (QED) is 0.612. The highest BCUT2D eigenvalue weighted by atomic mass is 16.1. The molecule has 0 amide bonds. The van der Waals surface area contributed by atoms with Crippen LogP contribution in [0.4, 0.5) is 0 Å². The van der Waals surface area contributed by atoms with Gasteiger partial charge in [0.1, 0.15) is 6.29 Å². The van der Waals surface area contributed by atoms with Crippen LogP contribution in [0.15, 0.2) is 0 Å². The van der Waals surface area contributed by atoms with Crippen LogP contribution < -0.4 is 5.32 Å². The minimum Gasteiger partial charge on any atom is -0.316 e. The summed E-state index contributed by atoms with van der Waals surface area (Å²) in [7, 11) is 0. The van der Waals surface area contributed by atoms with E-state index in [1.165, 1.54) is 0 Å². The Labute approximate surface area is 69.4 Å². The van der Waals surface area contributed by atoms with Gasteiger partial charge in [0.25, 0.3) is 0 Å². The van der Waals surface area contributed by atoms with E-state index in [1.54, 1.807) is 0 Å². The fraction of sp³-hybridized carbons (Fsp3) is 0.889. The molecule has 0 aromatic carbocycles. The van der Waals surface area contributed by atoms with Gasteiger partial charge >= 0.3 is 0 Å². The average Bonchev–Trinajstić information content (AvgIpc) is 1.87. The minimum atomic E-state index is -0.213. The van der Waals surface area contributed by atoms with Gasteiger partial charge in [-0.05, 0) is 12.5 Å². The Bertz CT molecular complexity index is 119. The van der Waals surface area contributed by atoms with Crippen molar-refractivity contribution < 1.29 is 4.79 Å². The first-order valence-corrected chi connectivity index (χ1v) is 4.15. The third kappa shape index (κ3) is 6.05. The molecule has 66 valence electrons. The van der Waals surface area contributed by atoms with Gasteiger partial charge in [-0.2, -0.15) is 0 Å². The molecular formula is C9H19NO. The summed E-state index contributed by atoms with van der Waals surface area (Å²) >= 11 is 0. The molecule has 0 heterocycles. The molecule has 0 aliphatic rings. The molecule has 0 unspecified atom stereocenters. The first kappa shape index (κ1) is 10.6. The molecule has 0 saturated heterocycles. The standard InChI is InChI=1S/C9H19NO/c1-8(2)5-10-6-9(3,4)7-11/h7-8,10H,5-6H2,1-4H3. The van der Waals surface area contributed by atoms with Crippen LogP contribution in [0.1, 0.15) is 27.7 Å². The molecule has 0 aromatic heterocycles. The van der Waals surface area contributed by atoms with E-state index in [4.69, 9.17) is 0 Å². The highest BCUT2D eigenvalue weighted by molar-refractivity contribution is 5.58. The molecular weight excluding hydrogens is 138 g/mol. The molecule has 2 nitrogen and oxygen atoms in total. The van der Waals surface area contributed by atoms with E-state index in [-0.39, 0.29) is 5.41 Å². The molecule has 0 rings (SSSR count). The maximum Gasteiger partial charge on any atom is 0.126 e. The van der Waals surface area contributed by atoms with Crippen LogP contribution in [-0.4, -0.2) is 19.4 Å². The van der Waals surface area contributed by atoms with E-state index in [1.807, 2.05) is 13.8 Å². The van der Waals surface area contributed by atoms with Gasteiger partial charge in [-0.15, -0.1) is 0 Å². The maximum absolute atomic E-state index is 10.5. The zero-order valence-electron chi connectivity index (χ0n) is 7.98. The maximum atomic E-state index is 10.5. The molecule has 0 aromatic rings. The summed E-state index contributed by atoms with van der Waals surface area (Å²) in [6, 6.07) is 0. The molecule has 0 atom stereocenters. The summed E-state index contributed by atoms with van der Waals surface area (Å²) in [5.74, 6) is 0.650. The van der Waals surface area contributed by atoms with Gasteiger partial charge in [0.05, 0.1) is 0 Å². The largest absolute Gasteiger partial charge is 0.316 e. The fourth-order valence-electron chi connectivity index (χ4n) is 0.725. The molecule has 11 heavy (non-hydrogen) atoms. The summed E-state index contributed by atoms with van der Waals surface area (Å²) in [4.78, 5) is 10.5. The van der Waals surface area contributed by atoms with Crippen molar-refractivity contribution in [3.63, 3.8) is 0 Å². The Balaban J connectivity index is 3.45. The second kappa shape index (κ2) is 4.50. The van der Waals surface area contributed by atoms with Gasteiger partial charge < -0.3 is 10.1 Å². The molecule has 0 fully saturated rings. The van der Waals surface area contributed by atoms with Crippen LogP contribution in [0.25, 0.3) is 0 Å². The molecule has 0 bridgehead atoms. The van der Waals surface area contributed by atoms with Gasteiger partial charge in [0.2, 0.25) is 0 Å². The Morgan fingerprint density at radius 3 is 2.36 bits per heavy atom. The lowest BCUT2D eigenvalue weighted by molar-refractivity contribution is -0.114. The van der Waals surface area contributed by atoms with Crippen LogP contribution in [0, 0.1) is 11.3 Å². The molecule has 2 heteroatoms. The van der Waals surface area contributed by atoms with E-state index < -0.39 is 0 Å². The Kier molecular flexibility index (Phi) is 4.34. The molecule has 1 N–H and O–H groups in total. The zero-order valence-corrected chi connectivity index (χ0v) is 7.98. The molecule has 0 radical (unpaired) electrons. The monoisotopic (exact) mass is 157 g/mol. The van der Waals surface area contributed by atoms with Gasteiger partial charge in [-0.3, -0.25) is 0 Å². The molecule has 0 aliphatic heterocycles. The Morgan fingerprint density at radius 2 is 2.00 bits per heavy atom. The fourth-order valence-corrected chi connectivity index (χ4v) is 0.725. The highest BCUT2D eigenvalue weighted by Gasteiger charge is 2.15. The van der Waals surface area contributed by atoms with Crippen molar-refractivity contribution in [3.8, 4) is 0 Å². The number of hydrogen-bond donors (Lipinski definition) is 1. The van der Waals surface area contributed by atoms with Crippen molar-refractivity contribution in [1.82, 2.24) is 5.32 Å². The van der Waals surface area contributed by atoms with Gasteiger partial charge in [0, 0.05) is 12.0 Å². The number of hydrogen-bond acceptors (Lipinski definition) is 2. The molecule has 0 saturated carbocycles. The van der Waals surface area contributed by atoms with Crippen LogP contribution in [0.2, 0.25) is 0 Å². The number of rotatable bonds is 5. The summed E-state index contributed by atoms with van der Waals surface area (Å²) in [6.45, 7) is 9.94. The number of nitrogens with one attached hydrogen (secondary N) is 1. The van der Waals surface area contributed by atoms with E-state index in [0.29, 0.717) is 5.92 Å². The predicted octanol–water partition coefficient (Wildman–Crippen LogP) is 1.46. The van der Waals surface area contributed by atoms with Gasteiger partial charge in [0.15, 0.2) is 0 Å². The SMILES string of the molecule is CC(C)CNCC(C)(C)C=O. The van der Waals surface area contributed by atoms with Crippen molar-refractivity contribution in [1.29, 1.82) is 0 Å². The molecule has 0 aliphatic carbocycles. The van der Waals surface area contributed by atoms with Crippen molar-refractivity contribution in [3.05, 3.63) is 0 Å². The zero-order chi connectivity index (χ0) is 8.91. The van der Waals surface area contributed by atoms with Crippen molar-refractivity contribution in [2.45, 2.75) is 27.7 Å². The first-order valence-electron chi connectivity index (χ1n) is 4.15. The van der Waals surface area contributed by atoms with E-state index in [2.05, 4.69) is 19.2 Å². The van der Waals surface area contributed by atoms with Crippen molar-refractivity contribution in [2.75, 3.05) is 13.1 Å². The summed E-state index contributed by atoms with van der Waals surface area (Å²) in [5.41, 5.74) is -0.213. The third-order valence-electron chi connectivity index (χ3n) is 1.45. The first-order chi connectivity index (χ1) is 4.98. The van der Waals surface area contributed by atoms with Gasteiger partial charge in [-0.25, -0.2) is 0 Å². The van der Waals surface area contributed by atoms with Crippen molar-refractivity contribution in [2.24, 2.45) is 11.3 Å². The van der Waals surface area contributed by atoms with Crippen LogP contribution in [0.5, 0.6) is 0 Å². The number of carbonyl (C=O) groups excluding carboxylic acids is 1. The van der Waals surface area contributed by atoms with E-state index in [0.717, 1.165) is 19.4 Å². The topological polar surface area (TPSA) is 29.1 Å². The lowest BCUT2D eigenvalue weighted by Gasteiger charge is -2.18. The smallest absolute Gasteiger partial charge is 0.126 e. The van der Waals surface area contributed by atoms with Crippen LogP contribution in [0.3, 0.4) is 0 Å². The van der Waals surface area contributed by atoms with Gasteiger partial charge in [-0.1, -0.05) is 27.7 Å². The Morgan fingerprint density at radius 1 is 1.45 bits per heavy atom. The Hall–Kier alpha value is -0.370. The van der Waals surface area contributed by atoms with E-state index in [9.17, 15) is 4.79 Å². The average molecular weight is 157 g/mol. The highest BCUT2D eigenvalue weighted by Crippen LogP contribution is 2.08.